The number of halogens is 1. The minimum atomic E-state index is -0.574. The first-order chi connectivity index (χ1) is 13.0. The fraction of sp³-hybridized carbons (Fsp3) is 0.238. The van der Waals surface area contributed by atoms with Crippen LogP contribution in [0.2, 0.25) is 0 Å². The summed E-state index contributed by atoms with van der Waals surface area (Å²) in [7, 11) is 0. The molecule has 0 aliphatic heterocycles. The molecule has 1 aromatic heterocycles. The summed E-state index contributed by atoms with van der Waals surface area (Å²) in [4.78, 5) is 16.4. The Balaban J connectivity index is 1.70. The molecule has 27 heavy (non-hydrogen) atoms. The van der Waals surface area contributed by atoms with Crippen molar-refractivity contribution in [1.29, 1.82) is 0 Å². The summed E-state index contributed by atoms with van der Waals surface area (Å²) in [5, 5.41) is 2.74. The van der Waals surface area contributed by atoms with Gasteiger partial charge in [-0.25, -0.2) is 14.2 Å². The highest BCUT2D eigenvalue weighted by atomic mass is 19.1. The molecule has 1 heterocycles. The van der Waals surface area contributed by atoms with Gasteiger partial charge in [-0.1, -0.05) is 38.1 Å². The summed E-state index contributed by atoms with van der Waals surface area (Å²) < 4.78 is 20.6. The summed E-state index contributed by atoms with van der Waals surface area (Å²) >= 11 is 0. The van der Waals surface area contributed by atoms with Crippen molar-refractivity contribution >= 4 is 11.8 Å². The molecular formula is C21H22FN3O2. The number of carbonyl (C=O) groups is 1. The molecule has 1 unspecified atom stereocenters. The van der Waals surface area contributed by atoms with E-state index in [0.717, 1.165) is 0 Å². The molecule has 0 saturated carbocycles. The number of aromatic nitrogens is 2. The van der Waals surface area contributed by atoms with Gasteiger partial charge in [-0.15, -0.1) is 0 Å². The smallest absolute Gasteiger partial charge is 0.412 e. The summed E-state index contributed by atoms with van der Waals surface area (Å²) in [5.74, 6) is 0.0823. The average molecular weight is 367 g/mol. The molecular weight excluding hydrogens is 345 g/mol. The second-order valence-corrected chi connectivity index (χ2v) is 6.61. The average Bonchev–Trinajstić information content (AvgIpc) is 3.15. The topological polar surface area (TPSA) is 56.1 Å². The third-order valence-electron chi connectivity index (χ3n) is 4.25. The van der Waals surface area contributed by atoms with Crippen molar-refractivity contribution < 1.29 is 13.9 Å². The fourth-order valence-electron chi connectivity index (χ4n) is 2.70. The van der Waals surface area contributed by atoms with Gasteiger partial charge in [0.25, 0.3) is 0 Å². The highest BCUT2D eigenvalue weighted by Crippen LogP contribution is 2.22. The standard InChI is InChI=1S/C21H22FN3O2/c1-15(2)16-5-9-19(10-6-16)24-21(26)27-20(13-25-12-11-23-14-25)17-3-7-18(22)8-4-17/h3-12,14-15,20H,13H2,1-2H3,(H,24,26). The van der Waals surface area contributed by atoms with Crippen molar-refractivity contribution in [2.24, 2.45) is 0 Å². The predicted octanol–water partition coefficient (Wildman–Crippen LogP) is 5.14. The summed E-state index contributed by atoms with van der Waals surface area (Å²) in [6.07, 6.45) is 3.93. The summed E-state index contributed by atoms with van der Waals surface area (Å²) in [6, 6.07) is 13.6. The largest absolute Gasteiger partial charge is 0.439 e. The van der Waals surface area contributed by atoms with E-state index in [1.54, 1.807) is 35.4 Å². The van der Waals surface area contributed by atoms with Crippen molar-refractivity contribution in [1.82, 2.24) is 9.55 Å². The monoisotopic (exact) mass is 367 g/mol. The molecule has 0 aliphatic rings. The zero-order valence-corrected chi connectivity index (χ0v) is 15.3. The number of imidazole rings is 1. The third-order valence-corrected chi connectivity index (χ3v) is 4.25. The number of carbonyl (C=O) groups excluding carboxylic acids is 1. The number of hydrogen-bond acceptors (Lipinski definition) is 3. The molecule has 3 rings (SSSR count). The summed E-state index contributed by atoms with van der Waals surface area (Å²) in [5.41, 5.74) is 2.55. The maximum Gasteiger partial charge on any atom is 0.412 e. The van der Waals surface area contributed by atoms with E-state index in [1.807, 2.05) is 24.3 Å². The Kier molecular flexibility index (Phi) is 5.86. The van der Waals surface area contributed by atoms with Gasteiger partial charge in [0.15, 0.2) is 0 Å². The number of hydrogen-bond donors (Lipinski definition) is 1. The van der Waals surface area contributed by atoms with Gasteiger partial charge in [-0.05, 0) is 41.3 Å². The Labute approximate surface area is 157 Å². The second-order valence-electron chi connectivity index (χ2n) is 6.61. The van der Waals surface area contributed by atoms with Gasteiger partial charge in [0.1, 0.15) is 11.9 Å². The lowest BCUT2D eigenvalue weighted by Crippen LogP contribution is -2.20. The van der Waals surface area contributed by atoms with E-state index in [-0.39, 0.29) is 5.82 Å². The molecule has 6 heteroatoms. The van der Waals surface area contributed by atoms with Crippen LogP contribution in [0.4, 0.5) is 14.9 Å². The number of nitrogens with zero attached hydrogens (tertiary/aromatic N) is 2. The van der Waals surface area contributed by atoms with Crippen LogP contribution in [0.25, 0.3) is 0 Å². The highest BCUT2D eigenvalue weighted by molar-refractivity contribution is 5.84. The SMILES string of the molecule is CC(C)c1ccc(NC(=O)OC(Cn2ccnc2)c2ccc(F)cc2)cc1. The molecule has 2 aromatic carbocycles. The third kappa shape index (κ3) is 5.17. The van der Waals surface area contributed by atoms with Crippen molar-refractivity contribution in [2.45, 2.75) is 32.4 Å². The molecule has 3 aromatic rings. The van der Waals surface area contributed by atoms with Crippen LogP contribution in [-0.4, -0.2) is 15.6 Å². The van der Waals surface area contributed by atoms with Crippen LogP contribution in [0.3, 0.4) is 0 Å². The van der Waals surface area contributed by atoms with Gasteiger partial charge < -0.3 is 9.30 Å². The van der Waals surface area contributed by atoms with Crippen LogP contribution in [0.5, 0.6) is 0 Å². The maximum absolute atomic E-state index is 13.2. The minimum absolute atomic E-state index is 0.338. The first-order valence-corrected chi connectivity index (χ1v) is 8.80. The Hall–Kier alpha value is -3.15. The Morgan fingerprint density at radius 3 is 2.37 bits per heavy atom. The van der Waals surface area contributed by atoms with Crippen molar-refractivity contribution in [2.75, 3.05) is 5.32 Å². The van der Waals surface area contributed by atoms with Crippen LogP contribution in [0, 0.1) is 5.82 Å². The van der Waals surface area contributed by atoms with Crippen molar-refractivity contribution in [3.8, 4) is 0 Å². The molecule has 1 N–H and O–H groups in total. The van der Waals surface area contributed by atoms with E-state index in [4.69, 9.17) is 4.74 Å². The van der Waals surface area contributed by atoms with Gasteiger partial charge in [0.05, 0.1) is 12.9 Å². The van der Waals surface area contributed by atoms with Crippen molar-refractivity contribution in [3.05, 3.63) is 84.2 Å². The van der Waals surface area contributed by atoms with Crippen LogP contribution in [0.15, 0.2) is 67.3 Å². The molecule has 5 nitrogen and oxygen atoms in total. The van der Waals surface area contributed by atoms with Crippen LogP contribution < -0.4 is 5.32 Å². The normalized spacial score (nSPS) is 12.0. The number of ether oxygens (including phenoxy) is 1. The molecule has 0 bridgehead atoms. The van der Waals surface area contributed by atoms with Gasteiger partial charge in [-0.2, -0.15) is 0 Å². The number of rotatable bonds is 6. The zero-order chi connectivity index (χ0) is 19.2. The number of anilines is 1. The van der Waals surface area contributed by atoms with Crippen molar-refractivity contribution in [3.63, 3.8) is 0 Å². The first-order valence-electron chi connectivity index (χ1n) is 8.80. The number of amides is 1. The molecule has 0 aliphatic carbocycles. The number of benzene rings is 2. The van der Waals surface area contributed by atoms with E-state index in [2.05, 4.69) is 24.1 Å². The molecule has 0 radical (unpaired) electrons. The molecule has 140 valence electrons. The van der Waals surface area contributed by atoms with E-state index in [9.17, 15) is 9.18 Å². The van der Waals surface area contributed by atoms with Crippen LogP contribution >= 0.6 is 0 Å². The van der Waals surface area contributed by atoms with Gasteiger partial charge >= 0.3 is 6.09 Å². The lowest BCUT2D eigenvalue weighted by molar-refractivity contribution is 0.0997. The Morgan fingerprint density at radius 2 is 1.78 bits per heavy atom. The molecule has 0 saturated heterocycles. The molecule has 0 fully saturated rings. The zero-order valence-electron chi connectivity index (χ0n) is 15.3. The van der Waals surface area contributed by atoms with E-state index in [1.165, 1.54) is 17.7 Å². The van der Waals surface area contributed by atoms with Crippen LogP contribution in [0.1, 0.15) is 37.0 Å². The molecule has 1 amide bonds. The Bertz CT molecular complexity index is 859. The second kappa shape index (κ2) is 8.49. The predicted molar refractivity (Wildman–Crippen MR) is 102 cm³/mol. The van der Waals surface area contributed by atoms with E-state index < -0.39 is 12.2 Å². The minimum Gasteiger partial charge on any atom is -0.439 e. The highest BCUT2D eigenvalue weighted by Gasteiger charge is 2.18. The van der Waals surface area contributed by atoms with E-state index >= 15 is 0 Å². The molecule has 1 atom stereocenters. The van der Waals surface area contributed by atoms with Gasteiger partial charge in [0.2, 0.25) is 0 Å². The first kappa shape index (κ1) is 18.6. The van der Waals surface area contributed by atoms with E-state index in [0.29, 0.717) is 23.7 Å². The maximum atomic E-state index is 13.2. The lowest BCUT2D eigenvalue weighted by Gasteiger charge is -2.19. The lowest BCUT2D eigenvalue weighted by atomic mass is 10.0. The molecule has 0 spiro atoms. The number of nitrogens with one attached hydrogen (secondary N) is 1. The van der Waals surface area contributed by atoms with Gasteiger partial charge in [-0.3, -0.25) is 5.32 Å². The Morgan fingerprint density at radius 1 is 1.11 bits per heavy atom. The quantitative estimate of drug-likeness (QED) is 0.657. The van der Waals surface area contributed by atoms with Gasteiger partial charge in [0, 0.05) is 18.1 Å². The summed E-state index contributed by atoms with van der Waals surface area (Å²) in [6.45, 7) is 4.60. The van der Waals surface area contributed by atoms with Crippen LogP contribution in [-0.2, 0) is 11.3 Å². The fourth-order valence-corrected chi connectivity index (χ4v) is 2.70.